The van der Waals surface area contributed by atoms with Crippen molar-refractivity contribution >= 4 is 0 Å². The molecule has 0 saturated carbocycles. The van der Waals surface area contributed by atoms with Crippen molar-refractivity contribution in [3.63, 3.8) is 0 Å². The van der Waals surface area contributed by atoms with Gasteiger partial charge in [0.05, 0.1) is 11.3 Å². The summed E-state index contributed by atoms with van der Waals surface area (Å²) in [4.78, 5) is 18.0. The van der Waals surface area contributed by atoms with Crippen LogP contribution < -0.4 is 10.2 Å². The quantitative estimate of drug-likeness (QED) is 0.624. The molecule has 146 valence electrons. The highest BCUT2D eigenvalue weighted by Gasteiger charge is 2.33. The van der Waals surface area contributed by atoms with Gasteiger partial charge in [0, 0.05) is 35.7 Å². The molecular weight excluding hydrogens is 383 g/mol. The normalized spacial score (nSPS) is 11.5. The zero-order valence-corrected chi connectivity index (χ0v) is 14.6. The van der Waals surface area contributed by atoms with E-state index in [-0.39, 0.29) is 33.7 Å². The van der Waals surface area contributed by atoms with E-state index in [0.717, 1.165) is 18.3 Å². The fourth-order valence-corrected chi connectivity index (χ4v) is 2.57. The molecule has 2 heterocycles. The topological polar surface area (TPSA) is 55.0 Å². The van der Waals surface area contributed by atoms with Crippen molar-refractivity contribution < 1.29 is 26.7 Å². The third kappa shape index (κ3) is 3.88. The highest BCUT2D eigenvalue weighted by Crippen LogP contribution is 2.38. The van der Waals surface area contributed by atoms with Gasteiger partial charge in [-0.3, -0.25) is 9.78 Å². The van der Waals surface area contributed by atoms with Gasteiger partial charge in [-0.15, -0.1) is 0 Å². The summed E-state index contributed by atoms with van der Waals surface area (Å²) in [7, 11) is 0. The van der Waals surface area contributed by atoms with Crippen molar-refractivity contribution in [3.05, 3.63) is 75.3 Å². The molecule has 28 heavy (non-hydrogen) atoms. The zero-order valence-electron chi connectivity index (χ0n) is 14.6. The van der Waals surface area contributed by atoms with Crippen LogP contribution in [0.2, 0.25) is 0 Å². The van der Waals surface area contributed by atoms with Gasteiger partial charge >= 0.3 is 6.18 Å². The fourth-order valence-electron chi connectivity index (χ4n) is 2.57. The van der Waals surface area contributed by atoms with Gasteiger partial charge in [0.1, 0.15) is 17.2 Å². The molecule has 3 aromatic rings. The number of aryl methyl sites for hydroxylation is 1. The molecule has 0 spiro atoms. The third-order valence-corrected chi connectivity index (χ3v) is 3.93. The molecule has 3 rings (SSSR count). The van der Waals surface area contributed by atoms with E-state index in [2.05, 4.69) is 9.97 Å². The summed E-state index contributed by atoms with van der Waals surface area (Å²) in [6.45, 7) is 2.83. The van der Waals surface area contributed by atoms with Gasteiger partial charge in [-0.2, -0.15) is 13.2 Å². The molecule has 0 bridgehead atoms. The van der Waals surface area contributed by atoms with Crippen LogP contribution in [0.25, 0.3) is 11.3 Å². The van der Waals surface area contributed by atoms with E-state index in [4.69, 9.17) is 4.74 Å². The number of aromatic amines is 1. The molecule has 0 saturated heterocycles. The molecule has 2 aromatic heterocycles. The van der Waals surface area contributed by atoms with Crippen LogP contribution in [0.1, 0.15) is 17.0 Å². The molecule has 0 aliphatic rings. The second-order valence-electron chi connectivity index (χ2n) is 6.06. The lowest BCUT2D eigenvalue weighted by Gasteiger charge is -2.15. The van der Waals surface area contributed by atoms with E-state index in [1.807, 2.05) is 0 Å². The van der Waals surface area contributed by atoms with Gasteiger partial charge in [-0.05, 0) is 26.0 Å². The SMILES string of the molecule is Cc1cc(=O)cc(-c2cnc(C(F)(F)F)cc2Oc2ccc(F)c(F)c2C)[nH]1. The van der Waals surface area contributed by atoms with Crippen molar-refractivity contribution in [2.75, 3.05) is 0 Å². The number of hydrogen-bond acceptors (Lipinski definition) is 3. The molecule has 0 fully saturated rings. The second-order valence-corrected chi connectivity index (χ2v) is 6.06. The Kier molecular flexibility index (Phi) is 4.93. The standard InChI is InChI=1S/C19H13F5N2O2/c1-9-5-11(27)6-14(26-9)12-8-25-17(19(22,23)24)7-16(12)28-15-4-3-13(20)18(21)10(15)2/h3-8H,1-2H3,(H,26,27). The summed E-state index contributed by atoms with van der Waals surface area (Å²) in [6.07, 6.45) is -3.85. The Hall–Kier alpha value is -3.23. The first-order chi connectivity index (χ1) is 13.1. The van der Waals surface area contributed by atoms with Gasteiger partial charge in [-0.1, -0.05) is 0 Å². The van der Waals surface area contributed by atoms with Gasteiger partial charge in [0.15, 0.2) is 17.1 Å². The van der Waals surface area contributed by atoms with Crippen molar-refractivity contribution in [1.82, 2.24) is 9.97 Å². The maximum absolute atomic E-state index is 13.8. The van der Waals surface area contributed by atoms with Crippen molar-refractivity contribution in [3.8, 4) is 22.8 Å². The molecule has 1 aromatic carbocycles. The Morgan fingerprint density at radius 1 is 1.04 bits per heavy atom. The van der Waals surface area contributed by atoms with Crippen LogP contribution in [0, 0.1) is 25.5 Å². The summed E-state index contributed by atoms with van der Waals surface area (Å²) in [5.41, 5.74) is -1.13. The van der Waals surface area contributed by atoms with Crippen LogP contribution in [0.15, 0.2) is 41.3 Å². The van der Waals surface area contributed by atoms with Crippen LogP contribution in [0.5, 0.6) is 11.5 Å². The average Bonchev–Trinajstić information content (AvgIpc) is 2.60. The zero-order chi connectivity index (χ0) is 20.6. The molecule has 9 heteroatoms. The number of alkyl halides is 3. The molecule has 0 atom stereocenters. The summed E-state index contributed by atoms with van der Waals surface area (Å²) in [5, 5.41) is 0. The van der Waals surface area contributed by atoms with Crippen LogP contribution in [0.4, 0.5) is 22.0 Å². The molecule has 0 radical (unpaired) electrons. The Labute approximate surface area is 155 Å². The highest BCUT2D eigenvalue weighted by atomic mass is 19.4. The first-order valence-corrected chi connectivity index (χ1v) is 7.97. The summed E-state index contributed by atoms with van der Waals surface area (Å²) < 4.78 is 71.8. The minimum absolute atomic E-state index is 0.0536. The number of H-pyrrole nitrogens is 1. The van der Waals surface area contributed by atoms with E-state index in [1.165, 1.54) is 19.1 Å². The molecule has 0 unspecified atom stereocenters. The van der Waals surface area contributed by atoms with Crippen LogP contribution in [-0.4, -0.2) is 9.97 Å². The number of rotatable bonds is 3. The van der Waals surface area contributed by atoms with Gasteiger partial charge in [0.25, 0.3) is 0 Å². The number of benzene rings is 1. The van der Waals surface area contributed by atoms with Gasteiger partial charge in [0.2, 0.25) is 0 Å². The van der Waals surface area contributed by atoms with Crippen LogP contribution in [0.3, 0.4) is 0 Å². The molecule has 4 nitrogen and oxygen atoms in total. The summed E-state index contributed by atoms with van der Waals surface area (Å²) in [5.74, 6) is -2.78. The molecule has 0 aliphatic carbocycles. The Morgan fingerprint density at radius 2 is 1.75 bits per heavy atom. The van der Waals surface area contributed by atoms with E-state index in [0.29, 0.717) is 11.8 Å². The number of halogens is 5. The molecule has 0 aliphatic heterocycles. The number of aromatic nitrogens is 2. The molecule has 0 amide bonds. The number of nitrogens with one attached hydrogen (secondary N) is 1. The second kappa shape index (κ2) is 7.06. The molecule has 1 N–H and O–H groups in total. The van der Waals surface area contributed by atoms with E-state index < -0.39 is 23.5 Å². The predicted octanol–water partition coefficient (Wildman–Crippen LogP) is 5.14. The molecular formula is C19H13F5N2O2. The smallest absolute Gasteiger partial charge is 0.433 e. The van der Waals surface area contributed by atoms with E-state index in [9.17, 15) is 26.7 Å². The maximum atomic E-state index is 13.8. The summed E-state index contributed by atoms with van der Waals surface area (Å²) in [6, 6.07) is 5.02. The first-order valence-electron chi connectivity index (χ1n) is 7.97. The van der Waals surface area contributed by atoms with Crippen LogP contribution >= 0.6 is 0 Å². The lowest BCUT2D eigenvalue weighted by atomic mass is 10.1. The number of nitrogens with zero attached hydrogens (tertiary/aromatic N) is 1. The minimum Gasteiger partial charge on any atom is -0.456 e. The Balaban J connectivity index is 2.19. The van der Waals surface area contributed by atoms with E-state index in [1.54, 1.807) is 6.92 Å². The lowest BCUT2D eigenvalue weighted by Crippen LogP contribution is -2.09. The Bertz CT molecular complexity index is 1110. The maximum Gasteiger partial charge on any atom is 0.433 e. The van der Waals surface area contributed by atoms with E-state index >= 15 is 0 Å². The van der Waals surface area contributed by atoms with Crippen molar-refractivity contribution in [1.29, 1.82) is 0 Å². The highest BCUT2D eigenvalue weighted by molar-refractivity contribution is 5.67. The number of hydrogen-bond donors (Lipinski definition) is 1. The number of pyridine rings is 2. The number of ether oxygens (including phenoxy) is 1. The largest absolute Gasteiger partial charge is 0.456 e. The third-order valence-electron chi connectivity index (χ3n) is 3.93. The summed E-state index contributed by atoms with van der Waals surface area (Å²) >= 11 is 0. The van der Waals surface area contributed by atoms with Gasteiger partial charge < -0.3 is 9.72 Å². The lowest BCUT2D eigenvalue weighted by molar-refractivity contribution is -0.141. The van der Waals surface area contributed by atoms with Crippen molar-refractivity contribution in [2.24, 2.45) is 0 Å². The first kappa shape index (κ1) is 19.5. The van der Waals surface area contributed by atoms with Crippen molar-refractivity contribution in [2.45, 2.75) is 20.0 Å². The Morgan fingerprint density at radius 3 is 2.39 bits per heavy atom. The predicted molar refractivity (Wildman–Crippen MR) is 91.2 cm³/mol. The average molecular weight is 396 g/mol. The minimum atomic E-state index is -4.75. The van der Waals surface area contributed by atoms with Crippen LogP contribution in [-0.2, 0) is 6.18 Å². The fraction of sp³-hybridized carbons (Fsp3) is 0.158. The monoisotopic (exact) mass is 396 g/mol. The van der Waals surface area contributed by atoms with Gasteiger partial charge in [-0.25, -0.2) is 8.78 Å².